The number of aromatic nitrogens is 2. The molecule has 0 fully saturated rings. The van der Waals surface area contributed by atoms with Crippen LogP contribution in [0.2, 0.25) is 0 Å². The highest BCUT2D eigenvalue weighted by molar-refractivity contribution is 5.76. The molecule has 2 unspecified atom stereocenters. The maximum Gasteiger partial charge on any atom is 0.107 e. The Morgan fingerprint density at radius 2 is 1.42 bits per heavy atom. The van der Waals surface area contributed by atoms with Gasteiger partial charge in [0.15, 0.2) is 0 Å². The van der Waals surface area contributed by atoms with Crippen LogP contribution in [0.5, 0.6) is 0 Å². The van der Waals surface area contributed by atoms with Gasteiger partial charge in [-0.25, -0.2) is 0 Å². The zero-order valence-corrected chi connectivity index (χ0v) is 31.8. The van der Waals surface area contributed by atoms with Gasteiger partial charge in [-0.2, -0.15) is 0 Å². The van der Waals surface area contributed by atoms with Gasteiger partial charge in [0.25, 0.3) is 0 Å². The van der Waals surface area contributed by atoms with Crippen LogP contribution in [0.15, 0.2) is 113 Å². The Labute approximate surface area is 319 Å². The van der Waals surface area contributed by atoms with E-state index < -0.39 is 0 Å². The van der Waals surface area contributed by atoms with Crippen molar-refractivity contribution in [2.24, 2.45) is 17.6 Å². The summed E-state index contributed by atoms with van der Waals surface area (Å²) in [5.74, 6) is 1.10. The Kier molecular flexibility index (Phi) is 12.2. The van der Waals surface area contributed by atoms with Crippen LogP contribution in [-0.2, 0) is 6.42 Å². The molecule has 2 aromatic rings. The number of hydrogen-bond donors (Lipinski definition) is 4. The van der Waals surface area contributed by atoms with E-state index in [9.17, 15) is 0 Å². The minimum absolute atomic E-state index is 0. The Morgan fingerprint density at radius 3 is 2.02 bits per heavy atom. The molecule has 0 amide bonds. The van der Waals surface area contributed by atoms with Crippen LogP contribution in [-0.4, -0.2) is 72.8 Å². The second-order valence-corrected chi connectivity index (χ2v) is 14.4. The highest BCUT2D eigenvalue weighted by Crippen LogP contribution is 2.36. The van der Waals surface area contributed by atoms with Gasteiger partial charge in [-0.3, -0.25) is 20.0 Å². The van der Waals surface area contributed by atoms with E-state index in [0.29, 0.717) is 11.8 Å². The van der Waals surface area contributed by atoms with E-state index in [0.717, 1.165) is 97.4 Å². The molecule has 6 aliphatic rings. The zero-order chi connectivity index (χ0) is 35.6. The minimum Gasteiger partial charge on any atom is -0.399 e. The van der Waals surface area contributed by atoms with Crippen LogP contribution in [0.1, 0.15) is 69.6 Å². The fraction of sp³-hybridized carbons (Fsp3) is 0.366. The van der Waals surface area contributed by atoms with Gasteiger partial charge in [-0.1, -0.05) is 38.1 Å². The van der Waals surface area contributed by atoms with Crippen molar-refractivity contribution in [3.63, 3.8) is 0 Å². The summed E-state index contributed by atoms with van der Waals surface area (Å²) in [5, 5.41) is 4.50. The van der Waals surface area contributed by atoms with Crippen LogP contribution < -0.4 is 22.3 Å². The maximum absolute atomic E-state index is 6.15. The molecule has 4 bridgehead atoms. The van der Waals surface area contributed by atoms with Crippen molar-refractivity contribution in [2.45, 2.75) is 60.3 Å². The van der Waals surface area contributed by atoms with Gasteiger partial charge >= 0.3 is 0 Å². The largest absolute Gasteiger partial charge is 0.399 e. The van der Waals surface area contributed by atoms with Crippen LogP contribution in [0.25, 0.3) is 11.4 Å². The molecule has 12 heteroatoms. The molecule has 0 aromatic carbocycles. The van der Waals surface area contributed by atoms with E-state index in [1.165, 1.54) is 28.2 Å². The average Bonchev–Trinajstić information content (AvgIpc) is 3.54. The molecule has 0 saturated carbocycles. The summed E-state index contributed by atoms with van der Waals surface area (Å²) in [6, 6.07) is 8.17. The lowest BCUT2D eigenvalue weighted by Gasteiger charge is -2.31. The van der Waals surface area contributed by atoms with E-state index >= 15 is 0 Å². The van der Waals surface area contributed by atoms with Crippen LogP contribution in [0.3, 0.4) is 0 Å². The number of nitrogens with zero attached hydrogens (tertiary/aromatic N) is 6. The zero-order valence-electron chi connectivity index (χ0n) is 31.8. The Hall–Kier alpha value is -5.25. The smallest absolute Gasteiger partial charge is 0.107 e. The van der Waals surface area contributed by atoms with Crippen molar-refractivity contribution < 1.29 is 0 Å². The van der Waals surface area contributed by atoms with E-state index in [4.69, 9.17) is 21.4 Å². The molecule has 6 aliphatic heterocycles. The normalized spacial score (nSPS) is 21.5. The molecule has 2 aromatic heterocycles. The number of allylic oxidation sites excluding steroid dienone is 9. The molecule has 0 spiro atoms. The third kappa shape index (κ3) is 8.53. The molecular weight excluding hydrogens is 654 g/mol. The molecule has 272 valence electrons. The standard InChI is InChI=1S/C21H27N5.C20H25N5.2B/c1-4-16-7-8-20-21(19-10-18(22)9-15(3)23-19)26-13-17(12-25(20)11-16)6-5-14(2)24-26;1-3-15-6-7-18(22-11-15)20-19-10-17(21)8-9-24(19)12-16-5-4-14(2)23-25(20)13-16;;/h5,7-11,17,24H,4,6,12-13H2,1-3H3,(H2,22,23);4,6-11,16,23H,3,5,12-13,21H2,1-2H3;;. The Bertz CT molecular complexity index is 1900. The SMILES string of the molecule is CCC1=CN2CC3CC=C(C)NN(C3)C(c3cc(N)cc(C)n3)=C2C=C1.CCc1ccc(C2=C3C=C(N)C=CN3CC3CC=C(C)NN2C3)nc1.[B].[B]. The number of hydrogen-bond acceptors (Lipinski definition) is 10. The summed E-state index contributed by atoms with van der Waals surface area (Å²) in [4.78, 5) is 14.3. The number of nitrogens with one attached hydrogen (secondary N) is 2. The number of fused-ring (bicyclic) bond motifs is 6. The summed E-state index contributed by atoms with van der Waals surface area (Å²) in [6.45, 7) is 14.5. The molecule has 6 radical (unpaired) electrons. The third-order valence-corrected chi connectivity index (χ3v) is 10.2. The van der Waals surface area contributed by atoms with Gasteiger partial charge in [0.05, 0.1) is 22.8 Å². The van der Waals surface area contributed by atoms with Gasteiger partial charge in [-0.05, 0) is 106 Å². The quantitative estimate of drug-likeness (QED) is 0.304. The fourth-order valence-corrected chi connectivity index (χ4v) is 7.56. The van der Waals surface area contributed by atoms with Crippen LogP contribution in [0.4, 0.5) is 5.69 Å². The van der Waals surface area contributed by atoms with Gasteiger partial charge in [0.2, 0.25) is 0 Å². The summed E-state index contributed by atoms with van der Waals surface area (Å²) >= 11 is 0. The summed E-state index contributed by atoms with van der Waals surface area (Å²) in [5.41, 5.74) is 33.2. The molecular formula is C41H52B2N10. The van der Waals surface area contributed by atoms with Crippen molar-refractivity contribution in [1.82, 2.24) is 40.6 Å². The predicted molar refractivity (Wildman–Crippen MR) is 218 cm³/mol. The topological polar surface area (TPSA) is 115 Å². The van der Waals surface area contributed by atoms with Crippen LogP contribution >= 0.6 is 0 Å². The molecule has 0 aliphatic carbocycles. The van der Waals surface area contributed by atoms with Gasteiger partial charge in [-0.15, -0.1) is 0 Å². The van der Waals surface area contributed by atoms with E-state index in [-0.39, 0.29) is 16.8 Å². The van der Waals surface area contributed by atoms with E-state index in [1.54, 1.807) is 0 Å². The lowest BCUT2D eigenvalue weighted by atomic mass is 10.0. The van der Waals surface area contributed by atoms with Crippen molar-refractivity contribution >= 4 is 33.9 Å². The number of rotatable bonds is 4. The van der Waals surface area contributed by atoms with Gasteiger partial charge in [0.1, 0.15) is 11.4 Å². The third-order valence-electron chi connectivity index (χ3n) is 10.2. The van der Waals surface area contributed by atoms with Gasteiger partial charge in [0, 0.05) is 90.1 Å². The number of hydrazine groups is 2. The second kappa shape index (κ2) is 16.6. The first kappa shape index (κ1) is 39.0. The monoisotopic (exact) mass is 706 g/mol. The minimum atomic E-state index is 0. The number of aryl methyl sites for hydroxylation is 2. The molecule has 53 heavy (non-hydrogen) atoms. The lowest BCUT2D eigenvalue weighted by Crippen LogP contribution is -2.37. The predicted octanol–water partition coefficient (Wildman–Crippen LogP) is 5.52. The van der Waals surface area contributed by atoms with Crippen molar-refractivity contribution in [3.05, 3.63) is 136 Å². The van der Waals surface area contributed by atoms with Crippen molar-refractivity contribution in [3.8, 4) is 0 Å². The summed E-state index contributed by atoms with van der Waals surface area (Å²) in [7, 11) is 0. The maximum atomic E-state index is 6.15. The summed E-state index contributed by atoms with van der Waals surface area (Å²) < 4.78 is 0. The molecule has 0 saturated heterocycles. The number of pyridine rings is 2. The number of nitrogens with two attached hydrogens (primary N) is 2. The fourth-order valence-electron chi connectivity index (χ4n) is 7.56. The highest BCUT2D eigenvalue weighted by atomic mass is 15.5. The summed E-state index contributed by atoms with van der Waals surface area (Å²) in [6.07, 6.45) is 23.6. The molecule has 10 nitrogen and oxygen atoms in total. The lowest BCUT2D eigenvalue weighted by molar-refractivity contribution is 0.274. The average molecular weight is 707 g/mol. The number of nitrogen functional groups attached to an aromatic ring is 1. The Morgan fingerprint density at radius 1 is 0.755 bits per heavy atom. The first-order valence-corrected chi connectivity index (χ1v) is 18.3. The van der Waals surface area contributed by atoms with E-state index in [2.05, 4.69) is 113 Å². The van der Waals surface area contributed by atoms with Gasteiger partial charge < -0.3 is 32.1 Å². The van der Waals surface area contributed by atoms with Crippen molar-refractivity contribution in [1.29, 1.82) is 0 Å². The van der Waals surface area contributed by atoms with Crippen molar-refractivity contribution in [2.75, 3.05) is 31.9 Å². The molecule has 2 atom stereocenters. The molecule has 6 N–H and O–H groups in total. The first-order chi connectivity index (χ1) is 24.7. The number of anilines is 1. The van der Waals surface area contributed by atoms with Crippen LogP contribution in [0, 0.1) is 18.8 Å². The molecule has 8 rings (SSSR count). The molecule has 8 heterocycles. The van der Waals surface area contributed by atoms with E-state index in [1.807, 2.05) is 31.3 Å². The first-order valence-electron chi connectivity index (χ1n) is 18.3. The Balaban J connectivity index is 0.000000197. The second-order valence-electron chi connectivity index (χ2n) is 14.4. The highest BCUT2D eigenvalue weighted by Gasteiger charge is 2.33.